The van der Waals surface area contributed by atoms with E-state index in [1.54, 1.807) is 13.8 Å². The fourth-order valence-electron chi connectivity index (χ4n) is 1.20. The molecule has 4 nitrogen and oxygen atoms in total. The molecular weight excluding hydrogens is 172 g/mol. The highest BCUT2D eigenvalue weighted by Gasteiger charge is 2.34. The lowest BCUT2D eigenvalue weighted by atomic mass is 9.79. The summed E-state index contributed by atoms with van der Waals surface area (Å²) in [7, 11) is 0. The quantitative estimate of drug-likeness (QED) is 0.404. The Balaban J connectivity index is 3.14. The Bertz CT molecular complexity index is 297. The third-order valence-electron chi connectivity index (χ3n) is 2.03. The zero-order valence-corrected chi connectivity index (χ0v) is 7.48. The number of rotatable bonds is 1. The van der Waals surface area contributed by atoms with Gasteiger partial charge >= 0.3 is 5.97 Å². The van der Waals surface area contributed by atoms with Gasteiger partial charge in [0.05, 0.1) is 0 Å². The first kappa shape index (κ1) is 9.95. The molecule has 0 bridgehead atoms. The fourth-order valence-corrected chi connectivity index (χ4v) is 1.20. The molecule has 0 unspecified atom stereocenters. The third-order valence-corrected chi connectivity index (χ3v) is 2.03. The van der Waals surface area contributed by atoms with Crippen molar-refractivity contribution in [3.63, 3.8) is 0 Å². The lowest BCUT2D eigenvalue weighted by Crippen LogP contribution is -2.32. The van der Waals surface area contributed by atoms with Crippen molar-refractivity contribution in [2.75, 3.05) is 0 Å². The first-order valence-electron chi connectivity index (χ1n) is 3.86. The summed E-state index contributed by atoms with van der Waals surface area (Å²) in [6.07, 6.45) is 3.57. The molecule has 0 amide bonds. The van der Waals surface area contributed by atoms with Gasteiger partial charge in [-0.3, -0.25) is 0 Å². The highest BCUT2D eigenvalue weighted by molar-refractivity contribution is 5.89. The predicted octanol–water partition coefficient (Wildman–Crippen LogP) is 0.274. The van der Waals surface area contributed by atoms with Crippen LogP contribution in [0.25, 0.3) is 0 Å². The SMILES string of the molecule is CC1(C)C=CC(O)(O)C=C1C(=O)O. The number of aliphatic hydroxyl groups is 2. The van der Waals surface area contributed by atoms with Gasteiger partial charge in [0.15, 0.2) is 0 Å². The smallest absolute Gasteiger partial charge is 0.332 e. The van der Waals surface area contributed by atoms with Crippen molar-refractivity contribution in [2.45, 2.75) is 19.6 Å². The molecule has 0 aromatic rings. The van der Waals surface area contributed by atoms with E-state index in [-0.39, 0.29) is 5.57 Å². The van der Waals surface area contributed by atoms with Crippen LogP contribution in [0.5, 0.6) is 0 Å². The molecule has 0 aliphatic heterocycles. The Morgan fingerprint density at radius 3 is 2.23 bits per heavy atom. The van der Waals surface area contributed by atoms with Crippen LogP contribution in [0, 0.1) is 5.41 Å². The van der Waals surface area contributed by atoms with Gasteiger partial charge in [0, 0.05) is 11.0 Å². The van der Waals surface area contributed by atoms with Crippen LogP contribution in [-0.2, 0) is 4.79 Å². The summed E-state index contributed by atoms with van der Waals surface area (Å²) in [6, 6.07) is 0. The van der Waals surface area contributed by atoms with Crippen LogP contribution < -0.4 is 0 Å². The molecule has 0 aromatic heterocycles. The minimum Gasteiger partial charge on any atom is -0.478 e. The van der Waals surface area contributed by atoms with Gasteiger partial charge in [-0.15, -0.1) is 0 Å². The molecule has 0 radical (unpaired) electrons. The highest BCUT2D eigenvalue weighted by atomic mass is 16.5. The molecule has 0 atom stereocenters. The number of carboxylic acids is 1. The van der Waals surface area contributed by atoms with Crippen LogP contribution in [0.2, 0.25) is 0 Å². The molecule has 1 aliphatic carbocycles. The summed E-state index contributed by atoms with van der Waals surface area (Å²) in [4.78, 5) is 10.7. The fraction of sp³-hybridized carbons (Fsp3) is 0.444. The van der Waals surface area contributed by atoms with Gasteiger partial charge in [-0.25, -0.2) is 4.79 Å². The maximum Gasteiger partial charge on any atom is 0.332 e. The van der Waals surface area contributed by atoms with Crippen LogP contribution in [-0.4, -0.2) is 27.1 Å². The second-order valence-corrected chi connectivity index (χ2v) is 3.70. The first-order chi connectivity index (χ1) is 5.75. The zero-order valence-electron chi connectivity index (χ0n) is 7.48. The number of hydrogen-bond acceptors (Lipinski definition) is 3. The van der Waals surface area contributed by atoms with Gasteiger partial charge in [-0.1, -0.05) is 19.9 Å². The van der Waals surface area contributed by atoms with E-state index in [1.165, 1.54) is 12.2 Å². The van der Waals surface area contributed by atoms with E-state index in [0.717, 1.165) is 6.08 Å². The van der Waals surface area contributed by atoms with Gasteiger partial charge in [0.25, 0.3) is 0 Å². The summed E-state index contributed by atoms with van der Waals surface area (Å²) in [5, 5.41) is 27.1. The molecule has 0 spiro atoms. The second kappa shape index (κ2) is 2.68. The molecule has 0 aromatic carbocycles. The minimum absolute atomic E-state index is 0.0139. The summed E-state index contributed by atoms with van der Waals surface area (Å²) >= 11 is 0. The van der Waals surface area contributed by atoms with Gasteiger partial charge in [0.2, 0.25) is 5.79 Å². The Morgan fingerprint density at radius 1 is 1.31 bits per heavy atom. The molecule has 3 N–H and O–H groups in total. The number of carbonyl (C=O) groups is 1. The molecule has 1 rings (SSSR count). The largest absolute Gasteiger partial charge is 0.478 e. The van der Waals surface area contributed by atoms with Gasteiger partial charge < -0.3 is 15.3 Å². The van der Waals surface area contributed by atoms with E-state index in [1.807, 2.05) is 0 Å². The summed E-state index contributed by atoms with van der Waals surface area (Å²) in [6.45, 7) is 3.39. The average Bonchev–Trinajstić information content (AvgIpc) is 1.95. The molecular formula is C9H12O4. The monoisotopic (exact) mass is 184 g/mol. The standard InChI is InChI=1S/C9H12O4/c1-8(2)3-4-9(12,13)5-6(8)7(10)11/h3-5,12-13H,1-2H3,(H,10,11). The summed E-state index contributed by atoms with van der Waals surface area (Å²) in [5.41, 5.74) is -0.680. The number of hydrogen-bond donors (Lipinski definition) is 3. The average molecular weight is 184 g/mol. The molecule has 72 valence electrons. The maximum atomic E-state index is 10.7. The van der Waals surface area contributed by atoms with Gasteiger partial charge in [-0.05, 0) is 12.2 Å². The van der Waals surface area contributed by atoms with E-state index in [4.69, 9.17) is 15.3 Å². The van der Waals surface area contributed by atoms with Crippen LogP contribution in [0.15, 0.2) is 23.8 Å². The lowest BCUT2D eigenvalue weighted by Gasteiger charge is -2.29. The number of carboxylic acid groups (broad SMARTS) is 1. The molecule has 0 saturated carbocycles. The van der Waals surface area contributed by atoms with Crippen LogP contribution in [0.4, 0.5) is 0 Å². The molecule has 1 aliphatic rings. The molecule has 0 fully saturated rings. The van der Waals surface area contributed by atoms with Gasteiger partial charge in [0.1, 0.15) is 0 Å². The Hall–Kier alpha value is -1.13. The normalized spacial score (nSPS) is 23.8. The van der Waals surface area contributed by atoms with E-state index in [0.29, 0.717) is 0 Å². The lowest BCUT2D eigenvalue weighted by molar-refractivity contribution is -0.134. The van der Waals surface area contributed by atoms with E-state index >= 15 is 0 Å². The van der Waals surface area contributed by atoms with Crippen molar-refractivity contribution in [3.8, 4) is 0 Å². The summed E-state index contributed by atoms with van der Waals surface area (Å²) < 4.78 is 0. The van der Waals surface area contributed by atoms with Crippen molar-refractivity contribution < 1.29 is 20.1 Å². The number of allylic oxidation sites excluding steroid dienone is 1. The van der Waals surface area contributed by atoms with Crippen LogP contribution >= 0.6 is 0 Å². The predicted molar refractivity (Wildman–Crippen MR) is 45.8 cm³/mol. The van der Waals surface area contributed by atoms with Crippen molar-refractivity contribution in [1.29, 1.82) is 0 Å². The van der Waals surface area contributed by atoms with E-state index in [9.17, 15) is 4.79 Å². The first-order valence-corrected chi connectivity index (χ1v) is 3.86. The van der Waals surface area contributed by atoms with Gasteiger partial charge in [-0.2, -0.15) is 0 Å². The van der Waals surface area contributed by atoms with Crippen LogP contribution in [0.3, 0.4) is 0 Å². The van der Waals surface area contributed by atoms with Crippen molar-refractivity contribution >= 4 is 5.97 Å². The molecule has 13 heavy (non-hydrogen) atoms. The third kappa shape index (κ3) is 1.96. The molecule has 0 heterocycles. The zero-order chi connectivity index (χ0) is 10.3. The minimum atomic E-state index is -2.14. The van der Waals surface area contributed by atoms with Crippen molar-refractivity contribution in [1.82, 2.24) is 0 Å². The Labute approximate surface area is 75.8 Å². The van der Waals surface area contributed by atoms with Crippen LogP contribution in [0.1, 0.15) is 13.8 Å². The second-order valence-electron chi connectivity index (χ2n) is 3.70. The Kier molecular flexibility index (Phi) is 2.05. The molecule has 0 saturated heterocycles. The van der Waals surface area contributed by atoms with E-state index in [2.05, 4.69) is 0 Å². The van der Waals surface area contributed by atoms with Crippen molar-refractivity contribution in [2.24, 2.45) is 5.41 Å². The number of aliphatic carboxylic acids is 1. The highest BCUT2D eigenvalue weighted by Crippen LogP contribution is 2.34. The van der Waals surface area contributed by atoms with Crippen molar-refractivity contribution in [3.05, 3.63) is 23.8 Å². The van der Waals surface area contributed by atoms with E-state index < -0.39 is 17.2 Å². The summed E-state index contributed by atoms with van der Waals surface area (Å²) in [5.74, 6) is -3.27. The topological polar surface area (TPSA) is 77.8 Å². The Morgan fingerprint density at radius 2 is 1.85 bits per heavy atom. The maximum absolute atomic E-state index is 10.7. The molecule has 4 heteroatoms.